The Kier molecular flexibility index (Phi) is 0.604. The highest BCUT2D eigenvalue weighted by atomic mass is 32.3. The van der Waals surface area contributed by atoms with Crippen LogP contribution in [0.5, 0.6) is 0 Å². The van der Waals surface area contributed by atoms with Crippen LogP contribution < -0.4 is 0 Å². The molecule has 0 aromatic carbocycles. The predicted octanol–water partition coefficient (Wildman–Crippen LogP) is 2.38. The predicted molar refractivity (Wildman–Crippen MR) is 50.3 cm³/mol. The van der Waals surface area contributed by atoms with Gasteiger partial charge < -0.3 is 0 Å². The zero-order chi connectivity index (χ0) is 7.48. The van der Waals surface area contributed by atoms with Crippen LogP contribution in [0.15, 0.2) is 0 Å². The Morgan fingerprint density at radius 1 is 1.36 bits per heavy atom. The van der Waals surface area contributed by atoms with Crippen molar-refractivity contribution >= 4 is 10.0 Å². The van der Waals surface area contributed by atoms with Crippen molar-refractivity contribution in [1.29, 1.82) is 0 Å². The third-order valence-electron chi connectivity index (χ3n) is 5.60. The quantitative estimate of drug-likeness (QED) is 0.487. The van der Waals surface area contributed by atoms with Crippen molar-refractivity contribution in [2.75, 3.05) is 12.0 Å². The van der Waals surface area contributed by atoms with Gasteiger partial charge in [0.15, 0.2) is 0 Å². The highest BCUT2D eigenvalue weighted by Gasteiger charge is 2.98. The van der Waals surface area contributed by atoms with E-state index in [0.717, 1.165) is 10.2 Å². The first-order valence-electron chi connectivity index (χ1n) is 4.95. The summed E-state index contributed by atoms with van der Waals surface area (Å²) in [5, 5.41) is 1.18. The van der Waals surface area contributed by atoms with Crippen LogP contribution in [0.3, 0.4) is 0 Å². The molecule has 2 aliphatic heterocycles. The van der Waals surface area contributed by atoms with Crippen LogP contribution in [0.4, 0.5) is 0 Å². The Morgan fingerprint density at radius 2 is 2.09 bits per heavy atom. The van der Waals surface area contributed by atoms with Crippen LogP contribution >= 0.6 is 10.0 Å². The number of fused-ring (bicyclic) bond motifs is 1. The summed E-state index contributed by atoms with van der Waals surface area (Å²) in [6.45, 7) is 2.55. The molecule has 4 fully saturated rings. The van der Waals surface area contributed by atoms with Gasteiger partial charge in [-0.05, 0) is 42.6 Å². The summed E-state index contributed by atoms with van der Waals surface area (Å²) >= 11 is 0. The zero-order valence-electron chi connectivity index (χ0n) is 7.39. The Balaban J connectivity index is 1.91. The number of rotatable bonds is 0. The summed E-state index contributed by atoms with van der Waals surface area (Å²) in [6.07, 6.45) is 7.50. The van der Waals surface area contributed by atoms with Crippen molar-refractivity contribution in [3.63, 3.8) is 0 Å². The second-order valence-corrected chi connectivity index (χ2v) is 9.40. The van der Waals surface area contributed by atoms with Gasteiger partial charge in [0.1, 0.15) is 0 Å². The largest absolute Gasteiger partial charge is 0.233 e. The second kappa shape index (κ2) is 1.13. The molecular formula is C10H16S. The molecule has 2 spiro atoms. The van der Waals surface area contributed by atoms with Crippen molar-refractivity contribution in [2.24, 2.45) is 11.3 Å². The maximum Gasteiger partial charge on any atom is 0.0199 e. The van der Waals surface area contributed by atoms with Gasteiger partial charge in [0, 0.05) is 10.00 Å². The summed E-state index contributed by atoms with van der Waals surface area (Å²) in [5.41, 5.74) is 0.995. The summed E-state index contributed by atoms with van der Waals surface area (Å²) in [6, 6.07) is 0. The molecule has 0 aromatic rings. The summed E-state index contributed by atoms with van der Waals surface area (Å²) < 4.78 is 1.01. The fourth-order valence-corrected chi connectivity index (χ4v) is 11.0. The summed E-state index contributed by atoms with van der Waals surface area (Å²) in [4.78, 5) is 0. The van der Waals surface area contributed by atoms with E-state index >= 15 is 0 Å². The topological polar surface area (TPSA) is 0 Å². The summed E-state index contributed by atoms with van der Waals surface area (Å²) in [7, 11) is -0.0289. The van der Waals surface area contributed by atoms with E-state index in [-0.39, 0.29) is 10.0 Å². The van der Waals surface area contributed by atoms with Crippen molar-refractivity contribution in [1.82, 2.24) is 0 Å². The highest BCUT2D eigenvalue weighted by Crippen LogP contribution is 3.07. The van der Waals surface area contributed by atoms with Gasteiger partial charge in [-0.2, -0.15) is 0 Å². The standard InChI is InChI=1S/C10H16S/c1-7-10-8(9(10)4-5-9)3-6-11(7,10)2/h7-8H,3-6H2,1-2H3. The molecular weight excluding hydrogens is 152 g/mol. The molecule has 11 heavy (non-hydrogen) atoms. The van der Waals surface area contributed by atoms with Gasteiger partial charge in [0.25, 0.3) is 0 Å². The third kappa shape index (κ3) is 0.296. The minimum absolute atomic E-state index is 0.0289. The first-order valence-corrected chi connectivity index (χ1v) is 7.22. The van der Waals surface area contributed by atoms with Gasteiger partial charge >= 0.3 is 0 Å². The molecule has 0 aromatic heterocycles. The van der Waals surface area contributed by atoms with Gasteiger partial charge in [-0.1, -0.05) is 6.92 Å². The first-order chi connectivity index (χ1) is 5.20. The molecule has 4 rings (SSSR count). The molecule has 2 saturated heterocycles. The van der Waals surface area contributed by atoms with Crippen molar-refractivity contribution in [3.8, 4) is 0 Å². The fourth-order valence-electron chi connectivity index (χ4n) is 4.99. The van der Waals surface area contributed by atoms with E-state index in [1.165, 1.54) is 11.2 Å². The molecule has 0 bridgehead atoms. The molecule has 4 atom stereocenters. The van der Waals surface area contributed by atoms with Crippen LogP contribution in [0.25, 0.3) is 0 Å². The molecule has 0 nitrogen and oxygen atoms in total. The fraction of sp³-hybridized carbons (Fsp3) is 1.00. The molecule has 62 valence electrons. The molecule has 2 aliphatic carbocycles. The van der Waals surface area contributed by atoms with Gasteiger partial charge in [0.2, 0.25) is 0 Å². The van der Waals surface area contributed by atoms with E-state index in [0.29, 0.717) is 0 Å². The number of hydrogen-bond donors (Lipinski definition) is 0. The average molecular weight is 168 g/mol. The minimum Gasteiger partial charge on any atom is -0.233 e. The molecule has 0 radical (unpaired) electrons. The Morgan fingerprint density at radius 3 is 2.45 bits per heavy atom. The number of hydrogen-bond acceptors (Lipinski definition) is 0. The van der Waals surface area contributed by atoms with Crippen LogP contribution in [0, 0.1) is 11.3 Å². The van der Waals surface area contributed by atoms with E-state index in [1.807, 2.05) is 0 Å². The van der Waals surface area contributed by atoms with E-state index in [1.54, 1.807) is 25.0 Å². The van der Waals surface area contributed by atoms with Crippen molar-refractivity contribution in [3.05, 3.63) is 0 Å². The lowest BCUT2D eigenvalue weighted by atomic mass is 10.2. The maximum absolute atomic E-state index is 2.64. The lowest BCUT2D eigenvalue weighted by Crippen LogP contribution is -1.92. The average Bonchev–Trinajstić information content (AvgIpc) is 2.89. The Hall–Kier alpha value is 0.350. The van der Waals surface area contributed by atoms with Crippen LogP contribution in [-0.2, 0) is 0 Å². The molecule has 2 saturated carbocycles. The van der Waals surface area contributed by atoms with Gasteiger partial charge in [0.05, 0.1) is 0 Å². The monoisotopic (exact) mass is 168 g/mol. The van der Waals surface area contributed by atoms with E-state index in [2.05, 4.69) is 13.2 Å². The van der Waals surface area contributed by atoms with Gasteiger partial charge in [-0.25, -0.2) is 10.0 Å². The van der Waals surface area contributed by atoms with Crippen LogP contribution in [0.2, 0.25) is 0 Å². The molecule has 0 amide bonds. The minimum atomic E-state index is -0.0289. The SMILES string of the molecule is CC1C23C(CCS12C)C31CC1. The van der Waals surface area contributed by atoms with Crippen LogP contribution in [0.1, 0.15) is 26.2 Å². The lowest BCUT2D eigenvalue weighted by molar-refractivity contribution is 0.689. The molecule has 1 heteroatoms. The molecule has 4 aliphatic rings. The zero-order valence-corrected chi connectivity index (χ0v) is 8.21. The molecule has 4 unspecified atom stereocenters. The maximum atomic E-state index is 2.64. The Labute approximate surface area is 70.1 Å². The highest BCUT2D eigenvalue weighted by molar-refractivity contribution is 8.41. The van der Waals surface area contributed by atoms with E-state index in [4.69, 9.17) is 0 Å². The lowest BCUT2D eigenvalue weighted by Gasteiger charge is -2.13. The van der Waals surface area contributed by atoms with Gasteiger partial charge in [-0.15, -0.1) is 0 Å². The smallest absolute Gasteiger partial charge is 0.0199 e. The Bertz CT molecular complexity index is 268. The first kappa shape index (κ1) is 5.90. The van der Waals surface area contributed by atoms with E-state index in [9.17, 15) is 0 Å². The molecule has 0 N–H and O–H groups in total. The normalized spacial score (nSPS) is 78.4. The molecule has 2 heterocycles. The van der Waals surface area contributed by atoms with Crippen molar-refractivity contribution in [2.45, 2.75) is 36.2 Å². The third-order valence-corrected chi connectivity index (χ3v) is 10.9. The second-order valence-electron chi connectivity index (χ2n) is 5.29. The summed E-state index contributed by atoms with van der Waals surface area (Å²) in [5.74, 6) is 2.88. The van der Waals surface area contributed by atoms with Crippen molar-refractivity contribution < 1.29 is 0 Å². The van der Waals surface area contributed by atoms with Gasteiger partial charge in [-0.3, -0.25) is 0 Å². The van der Waals surface area contributed by atoms with E-state index < -0.39 is 0 Å². The van der Waals surface area contributed by atoms with Crippen LogP contribution in [-0.4, -0.2) is 22.0 Å².